The van der Waals surface area contributed by atoms with E-state index in [1.807, 2.05) is 0 Å². The van der Waals surface area contributed by atoms with Crippen LogP contribution in [0.5, 0.6) is 0 Å². The standard InChI is InChI=1S/C10H7Cl2N3O4S/c1-6-13-5-10(15(16)17)14(6)20(18,19)9-3-2-7(11)4-8(9)12/h2-5H,1H3. The molecule has 20 heavy (non-hydrogen) atoms. The average molecular weight is 336 g/mol. The fourth-order valence-electron chi connectivity index (χ4n) is 1.62. The van der Waals surface area contributed by atoms with E-state index in [0.29, 0.717) is 3.97 Å². The number of hydrogen-bond acceptors (Lipinski definition) is 5. The van der Waals surface area contributed by atoms with Crippen molar-refractivity contribution in [1.82, 2.24) is 8.96 Å². The minimum absolute atomic E-state index is 0.0392. The molecule has 0 bridgehead atoms. The number of imidazole rings is 1. The molecule has 1 aromatic carbocycles. The van der Waals surface area contributed by atoms with Gasteiger partial charge in [0.2, 0.25) is 5.82 Å². The predicted octanol–water partition coefficient (Wildman–Crippen LogP) is 2.64. The third kappa shape index (κ3) is 2.37. The number of rotatable bonds is 3. The largest absolute Gasteiger partial charge is 0.358 e. The first-order valence-electron chi connectivity index (χ1n) is 5.14. The van der Waals surface area contributed by atoms with Crippen molar-refractivity contribution in [2.75, 3.05) is 0 Å². The van der Waals surface area contributed by atoms with Gasteiger partial charge in [0.25, 0.3) is 0 Å². The molecule has 0 radical (unpaired) electrons. The maximum Gasteiger partial charge on any atom is 0.358 e. The van der Waals surface area contributed by atoms with Gasteiger partial charge in [-0.2, -0.15) is 8.42 Å². The lowest BCUT2D eigenvalue weighted by Gasteiger charge is -2.06. The second kappa shape index (κ2) is 5.04. The first kappa shape index (κ1) is 14.8. The monoisotopic (exact) mass is 335 g/mol. The van der Waals surface area contributed by atoms with Crippen molar-refractivity contribution < 1.29 is 13.3 Å². The number of benzene rings is 1. The molecule has 10 heteroatoms. The SMILES string of the molecule is Cc1ncc([N+](=O)[O-])n1S(=O)(=O)c1ccc(Cl)cc1Cl. The summed E-state index contributed by atoms with van der Waals surface area (Å²) in [4.78, 5) is 13.4. The first-order valence-corrected chi connectivity index (χ1v) is 7.34. The van der Waals surface area contributed by atoms with Crippen LogP contribution in [0.3, 0.4) is 0 Å². The summed E-state index contributed by atoms with van der Waals surface area (Å²) in [6.07, 6.45) is 0.872. The zero-order chi connectivity index (χ0) is 15.1. The normalized spacial score (nSPS) is 11.6. The molecule has 1 heterocycles. The van der Waals surface area contributed by atoms with Crippen LogP contribution in [0.2, 0.25) is 10.0 Å². The molecule has 0 amide bonds. The van der Waals surface area contributed by atoms with Crippen LogP contribution in [0.15, 0.2) is 29.3 Å². The molecular formula is C10H7Cl2N3O4S. The molecular weight excluding hydrogens is 329 g/mol. The van der Waals surface area contributed by atoms with Gasteiger partial charge in [-0.3, -0.25) is 0 Å². The van der Waals surface area contributed by atoms with Crippen LogP contribution < -0.4 is 0 Å². The van der Waals surface area contributed by atoms with Gasteiger partial charge < -0.3 is 10.1 Å². The summed E-state index contributed by atoms with van der Waals surface area (Å²) in [5.41, 5.74) is 0. The Kier molecular flexibility index (Phi) is 3.72. The van der Waals surface area contributed by atoms with Gasteiger partial charge in [-0.15, -0.1) is 0 Å². The predicted molar refractivity (Wildman–Crippen MR) is 72.7 cm³/mol. The molecule has 0 N–H and O–H groups in total. The lowest BCUT2D eigenvalue weighted by Crippen LogP contribution is -2.17. The minimum atomic E-state index is -4.23. The van der Waals surface area contributed by atoms with Gasteiger partial charge in [-0.1, -0.05) is 27.2 Å². The molecule has 0 unspecified atom stereocenters. The Hall–Kier alpha value is -1.64. The third-order valence-corrected chi connectivity index (χ3v) is 4.97. The van der Waals surface area contributed by atoms with Crippen molar-refractivity contribution in [1.29, 1.82) is 0 Å². The van der Waals surface area contributed by atoms with Gasteiger partial charge >= 0.3 is 15.8 Å². The van der Waals surface area contributed by atoms with Gasteiger partial charge in [0.1, 0.15) is 11.1 Å². The lowest BCUT2D eigenvalue weighted by atomic mass is 10.4. The number of aryl methyl sites for hydroxylation is 1. The second-order valence-electron chi connectivity index (χ2n) is 3.76. The molecule has 0 aliphatic rings. The highest BCUT2D eigenvalue weighted by molar-refractivity contribution is 7.90. The molecule has 2 aromatic rings. The Morgan fingerprint density at radius 3 is 2.55 bits per heavy atom. The van der Waals surface area contributed by atoms with Gasteiger partial charge in [-0.05, 0) is 23.1 Å². The Balaban J connectivity index is 2.73. The van der Waals surface area contributed by atoms with Crippen LogP contribution in [0.1, 0.15) is 5.82 Å². The summed E-state index contributed by atoms with van der Waals surface area (Å²) >= 11 is 11.5. The van der Waals surface area contributed by atoms with Crippen molar-refractivity contribution >= 4 is 39.0 Å². The molecule has 0 aliphatic heterocycles. The third-order valence-electron chi connectivity index (χ3n) is 2.47. The molecule has 1 aromatic heterocycles. The van der Waals surface area contributed by atoms with E-state index in [4.69, 9.17) is 23.2 Å². The van der Waals surface area contributed by atoms with Crippen LogP contribution in [0.25, 0.3) is 0 Å². The molecule has 0 saturated carbocycles. The van der Waals surface area contributed by atoms with Crippen LogP contribution in [-0.4, -0.2) is 22.3 Å². The first-order chi connectivity index (χ1) is 9.25. The molecule has 106 valence electrons. The Bertz CT molecular complexity index is 801. The minimum Gasteiger partial charge on any atom is -0.358 e. The topological polar surface area (TPSA) is 95.1 Å². The Labute approximate surface area is 124 Å². The van der Waals surface area contributed by atoms with E-state index in [2.05, 4.69) is 4.98 Å². The quantitative estimate of drug-likeness (QED) is 0.634. The molecule has 2 rings (SSSR count). The van der Waals surface area contributed by atoms with E-state index in [1.165, 1.54) is 25.1 Å². The number of halogens is 2. The van der Waals surface area contributed by atoms with E-state index in [0.717, 1.165) is 6.20 Å². The molecule has 0 spiro atoms. The summed E-state index contributed by atoms with van der Waals surface area (Å²) in [6.45, 7) is 1.34. The molecule has 0 saturated heterocycles. The Morgan fingerprint density at radius 2 is 2.00 bits per heavy atom. The van der Waals surface area contributed by atoms with E-state index in [1.54, 1.807) is 0 Å². The van der Waals surface area contributed by atoms with E-state index >= 15 is 0 Å². The van der Waals surface area contributed by atoms with Gasteiger partial charge in [0, 0.05) is 11.9 Å². The van der Waals surface area contributed by atoms with Gasteiger partial charge in [0.15, 0.2) is 0 Å². The molecule has 7 nitrogen and oxygen atoms in total. The summed E-state index contributed by atoms with van der Waals surface area (Å²) in [5.74, 6) is -0.698. The number of nitro groups is 1. The van der Waals surface area contributed by atoms with Gasteiger partial charge in [0.05, 0.1) is 5.02 Å². The summed E-state index contributed by atoms with van der Waals surface area (Å²) in [5, 5.41) is 11.0. The molecule has 0 fully saturated rings. The average Bonchev–Trinajstić information content (AvgIpc) is 2.71. The summed E-state index contributed by atoms with van der Waals surface area (Å²) < 4.78 is 25.5. The maximum absolute atomic E-state index is 12.5. The van der Waals surface area contributed by atoms with Crippen molar-refractivity contribution in [3.8, 4) is 0 Å². The lowest BCUT2D eigenvalue weighted by molar-refractivity contribution is -0.390. The van der Waals surface area contributed by atoms with Crippen molar-refractivity contribution in [3.05, 3.63) is 50.4 Å². The van der Waals surface area contributed by atoms with Crippen molar-refractivity contribution in [2.24, 2.45) is 0 Å². The zero-order valence-corrected chi connectivity index (χ0v) is 12.3. The number of aromatic nitrogens is 2. The highest BCUT2D eigenvalue weighted by Crippen LogP contribution is 2.29. The highest BCUT2D eigenvalue weighted by Gasteiger charge is 2.33. The molecule has 0 aliphatic carbocycles. The van der Waals surface area contributed by atoms with Crippen LogP contribution >= 0.6 is 23.2 Å². The van der Waals surface area contributed by atoms with Gasteiger partial charge in [-0.25, -0.2) is 4.98 Å². The smallest absolute Gasteiger partial charge is 0.358 e. The number of hydrogen-bond donors (Lipinski definition) is 0. The Morgan fingerprint density at radius 1 is 1.35 bits per heavy atom. The van der Waals surface area contributed by atoms with Crippen molar-refractivity contribution in [2.45, 2.75) is 11.8 Å². The van der Waals surface area contributed by atoms with E-state index < -0.39 is 20.8 Å². The number of nitrogens with zero attached hydrogens (tertiary/aromatic N) is 3. The van der Waals surface area contributed by atoms with E-state index in [-0.39, 0.29) is 20.8 Å². The van der Waals surface area contributed by atoms with Crippen LogP contribution in [0.4, 0.5) is 5.82 Å². The highest BCUT2D eigenvalue weighted by atomic mass is 35.5. The fourth-order valence-corrected chi connectivity index (χ4v) is 3.82. The summed E-state index contributed by atoms with van der Waals surface area (Å²) in [7, 11) is -4.23. The second-order valence-corrected chi connectivity index (χ2v) is 6.36. The van der Waals surface area contributed by atoms with Crippen LogP contribution in [0, 0.1) is 17.0 Å². The fraction of sp³-hybridized carbons (Fsp3) is 0.100. The summed E-state index contributed by atoms with van der Waals surface area (Å²) in [6, 6.07) is 3.76. The zero-order valence-electron chi connectivity index (χ0n) is 9.95. The molecule has 0 atom stereocenters. The maximum atomic E-state index is 12.5. The van der Waals surface area contributed by atoms with Crippen molar-refractivity contribution in [3.63, 3.8) is 0 Å². The van der Waals surface area contributed by atoms with Crippen LogP contribution in [-0.2, 0) is 10.0 Å². The van der Waals surface area contributed by atoms with E-state index in [9.17, 15) is 18.5 Å².